The summed E-state index contributed by atoms with van der Waals surface area (Å²) in [6.45, 7) is 3.23. The number of aliphatic hydroxyl groups is 1. The first kappa shape index (κ1) is 16.7. The van der Waals surface area contributed by atoms with Crippen LogP contribution in [-0.4, -0.2) is 39.6 Å². The lowest BCUT2D eigenvalue weighted by Gasteiger charge is -2.47. The molecule has 1 aromatic carbocycles. The number of hydrogen-bond donors (Lipinski definition) is 1. The third-order valence-electron chi connectivity index (χ3n) is 5.73. The van der Waals surface area contributed by atoms with E-state index < -0.39 is 5.60 Å². The summed E-state index contributed by atoms with van der Waals surface area (Å²) < 4.78 is 0. The Morgan fingerprint density at radius 3 is 2.88 bits per heavy atom. The number of carbonyl (C=O) groups is 1. The monoisotopic (exact) mass is 356 g/mol. The molecular weight excluding hydrogens is 332 g/mol. The maximum atomic E-state index is 13.1. The minimum absolute atomic E-state index is 0.0739. The first-order valence-corrected chi connectivity index (χ1v) is 9.93. The highest BCUT2D eigenvalue weighted by Crippen LogP contribution is 2.40. The largest absolute Gasteiger partial charge is 0.389 e. The number of fused-ring (bicyclic) bond motifs is 1. The number of benzene rings is 1. The molecule has 132 valence electrons. The molecule has 1 saturated carbocycles. The van der Waals surface area contributed by atoms with Crippen molar-refractivity contribution in [3.8, 4) is 10.6 Å². The highest BCUT2D eigenvalue weighted by Gasteiger charge is 2.44. The van der Waals surface area contributed by atoms with Crippen molar-refractivity contribution in [1.82, 2.24) is 9.88 Å². The highest BCUT2D eigenvalue weighted by atomic mass is 32.1. The third kappa shape index (κ3) is 3.11. The number of likely N-dealkylation sites (tertiary alicyclic amines) is 1. The number of aromatic nitrogens is 1. The smallest absolute Gasteiger partial charge is 0.265 e. The molecule has 2 aliphatic rings. The zero-order valence-electron chi connectivity index (χ0n) is 14.6. The SMILES string of the molecule is Cc1nc(-c2ccccc2)sc1C(=O)N1CC[C@@]2(O)CCCC[C@@H]2C1. The van der Waals surface area contributed by atoms with E-state index in [1.807, 2.05) is 42.2 Å². The van der Waals surface area contributed by atoms with Gasteiger partial charge in [0, 0.05) is 24.6 Å². The number of carbonyl (C=O) groups excluding carboxylic acids is 1. The van der Waals surface area contributed by atoms with Crippen molar-refractivity contribution >= 4 is 17.2 Å². The Kier molecular flexibility index (Phi) is 4.38. The predicted octanol–water partition coefficient (Wildman–Crippen LogP) is 3.89. The average Bonchev–Trinajstić information content (AvgIpc) is 3.03. The van der Waals surface area contributed by atoms with Gasteiger partial charge in [-0.2, -0.15) is 0 Å². The van der Waals surface area contributed by atoms with Gasteiger partial charge in [-0.25, -0.2) is 4.98 Å². The van der Waals surface area contributed by atoms with E-state index in [0.717, 1.165) is 46.8 Å². The summed E-state index contributed by atoms with van der Waals surface area (Å²) in [6.07, 6.45) is 4.88. The summed E-state index contributed by atoms with van der Waals surface area (Å²) in [7, 11) is 0. The van der Waals surface area contributed by atoms with Gasteiger partial charge in [-0.15, -0.1) is 11.3 Å². The van der Waals surface area contributed by atoms with Crippen LogP contribution in [0.5, 0.6) is 0 Å². The van der Waals surface area contributed by atoms with Crippen LogP contribution < -0.4 is 0 Å². The van der Waals surface area contributed by atoms with Crippen LogP contribution in [-0.2, 0) is 0 Å². The van der Waals surface area contributed by atoms with Crippen LogP contribution in [0.2, 0.25) is 0 Å². The average molecular weight is 356 g/mol. The highest BCUT2D eigenvalue weighted by molar-refractivity contribution is 7.17. The number of thiazole rings is 1. The van der Waals surface area contributed by atoms with Crippen molar-refractivity contribution in [2.45, 2.75) is 44.6 Å². The second-order valence-electron chi connectivity index (χ2n) is 7.35. The Balaban J connectivity index is 1.55. The van der Waals surface area contributed by atoms with Crippen molar-refractivity contribution < 1.29 is 9.90 Å². The second-order valence-corrected chi connectivity index (χ2v) is 8.35. The van der Waals surface area contributed by atoms with Crippen LogP contribution in [0.3, 0.4) is 0 Å². The van der Waals surface area contributed by atoms with Crippen molar-refractivity contribution in [2.24, 2.45) is 5.92 Å². The van der Waals surface area contributed by atoms with Gasteiger partial charge in [0.2, 0.25) is 0 Å². The standard InChI is InChI=1S/C20H24N2O2S/c1-14-17(25-18(21-14)15-7-3-2-4-8-15)19(23)22-12-11-20(24)10-6-5-9-16(20)13-22/h2-4,7-8,16,24H,5-6,9-13H2,1H3/t16-,20+/m1/s1. The van der Waals surface area contributed by atoms with Gasteiger partial charge in [0.15, 0.2) is 0 Å². The second kappa shape index (κ2) is 6.54. The van der Waals surface area contributed by atoms with Crippen LogP contribution in [0, 0.1) is 12.8 Å². The molecule has 2 atom stereocenters. The van der Waals surface area contributed by atoms with Gasteiger partial charge in [0.25, 0.3) is 5.91 Å². The van der Waals surface area contributed by atoms with Crippen molar-refractivity contribution in [3.05, 3.63) is 40.9 Å². The van der Waals surface area contributed by atoms with Gasteiger partial charge in [-0.3, -0.25) is 4.79 Å². The number of rotatable bonds is 2. The van der Waals surface area contributed by atoms with Gasteiger partial charge >= 0.3 is 0 Å². The van der Waals surface area contributed by atoms with E-state index in [0.29, 0.717) is 19.5 Å². The van der Waals surface area contributed by atoms with Crippen LogP contribution in [0.15, 0.2) is 30.3 Å². The van der Waals surface area contributed by atoms with Crippen LogP contribution in [0.1, 0.15) is 47.5 Å². The lowest BCUT2D eigenvalue weighted by molar-refractivity contribution is -0.0885. The molecule has 0 unspecified atom stereocenters. The van der Waals surface area contributed by atoms with E-state index in [9.17, 15) is 9.90 Å². The molecule has 0 spiro atoms. The van der Waals surface area contributed by atoms with Crippen LogP contribution in [0.25, 0.3) is 10.6 Å². The predicted molar refractivity (Wildman–Crippen MR) is 99.7 cm³/mol. The fourth-order valence-electron chi connectivity index (χ4n) is 4.20. The summed E-state index contributed by atoms with van der Waals surface area (Å²) in [5.74, 6) is 0.297. The fraction of sp³-hybridized carbons (Fsp3) is 0.500. The third-order valence-corrected chi connectivity index (χ3v) is 6.92. The summed E-state index contributed by atoms with van der Waals surface area (Å²) in [4.78, 5) is 20.3. The van der Waals surface area contributed by atoms with Crippen molar-refractivity contribution in [3.63, 3.8) is 0 Å². The molecule has 4 nitrogen and oxygen atoms in total. The summed E-state index contributed by atoms with van der Waals surface area (Å²) in [5, 5.41) is 11.7. The Morgan fingerprint density at radius 1 is 1.28 bits per heavy atom. The molecule has 4 rings (SSSR count). The quantitative estimate of drug-likeness (QED) is 0.888. The summed E-state index contributed by atoms with van der Waals surface area (Å²) >= 11 is 1.48. The molecular formula is C20H24N2O2S. The number of aryl methyl sites for hydroxylation is 1. The van der Waals surface area contributed by atoms with Crippen molar-refractivity contribution in [2.75, 3.05) is 13.1 Å². The molecule has 0 bridgehead atoms. The number of nitrogens with zero attached hydrogens (tertiary/aromatic N) is 2. The lowest BCUT2D eigenvalue weighted by Crippen LogP contribution is -2.54. The van der Waals surface area contributed by atoms with E-state index >= 15 is 0 Å². The van der Waals surface area contributed by atoms with Gasteiger partial charge < -0.3 is 10.0 Å². The Labute approximate surface area is 152 Å². The van der Waals surface area contributed by atoms with E-state index in [1.54, 1.807) is 0 Å². The molecule has 5 heteroatoms. The Morgan fingerprint density at radius 2 is 2.08 bits per heavy atom. The van der Waals surface area contributed by atoms with E-state index in [1.165, 1.54) is 11.3 Å². The maximum Gasteiger partial charge on any atom is 0.265 e. The zero-order valence-corrected chi connectivity index (χ0v) is 15.4. The van der Waals surface area contributed by atoms with Gasteiger partial charge in [-0.05, 0) is 26.2 Å². The topological polar surface area (TPSA) is 53.4 Å². The van der Waals surface area contributed by atoms with E-state index in [-0.39, 0.29) is 11.8 Å². The van der Waals surface area contributed by atoms with E-state index in [4.69, 9.17) is 0 Å². The van der Waals surface area contributed by atoms with Crippen LogP contribution >= 0.6 is 11.3 Å². The molecule has 1 saturated heterocycles. The lowest BCUT2D eigenvalue weighted by atomic mass is 9.71. The zero-order chi connectivity index (χ0) is 17.4. The molecule has 2 heterocycles. The molecule has 0 radical (unpaired) electrons. The molecule has 25 heavy (non-hydrogen) atoms. The van der Waals surface area contributed by atoms with Crippen molar-refractivity contribution in [1.29, 1.82) is 0 Å². The Bertz CT molecular complexity index is 773. The maximum absolute atomic E-state index is 13.1. The normalized spacial score (nSPS) is 26.3. The van der Waals surface area contributed by atoms with E-state index in [2.05, 4.69) is 4.98 Å². The summed E-state index contributed by atoms with van der Waals surface area (Å²) in [6, 6.07) is 10.0. The number of piperidine rings is 1. The molecule has 1 amide bonds. The minimum atomic E-state index is -0.549. The van der Waals surface area contributed by atoms with Crippen LogP contribution in [0.4, 0.5) is 0 Å². The van der Waals surface area contributed by atoms with Gasteiger partial charge in [0.05, 0.1) is 11.3 Å². The van der Waals surface area contributed by atoms with Gasteiger partial charge in [-0.1, -0.05) is 43.2 Å². The minimum Gasteiger partial charge on any atom is -0.389 e. The molecule has 2 aromatic rings. The molecule has 1 N–H and O–H groups in total. The number of amides is 1. The van der Waals surface area contributed by atoms with Gasteiger partial charge in [0.1, 0.15) is 9.88 Å². The number of hydrogen-bond acceptors (Lipinski definition) is 4. The first-order valence-electron chi connectivity index (χ1n) is 9.11. The molecule has 1 aromatic heterocycles. The molecule has 2 fully saturated rings. The molecule has 1 aliphatic carbocycles. The first-order chi connectivity index (χ1) is 12.1. The Hall–Kier alpha value is -1.72. The fourth-order valence-corrected chi connectivity index (χ4v) is 5.24. The molecule has 1 aliphatic heterocycles. The summed E-state index contributed by atoms with van der Waals surface area (Å²) in [5.41, 5.74) is 1.31.